The smallest absolute Gasteiger partial charge is 0.238 e. The number of hydrogen-bond donors (Lipinski definition) is 3. The van der Waals surface area contributed by atoms with Crippen LogP contribution in [0.4, 0.5) is 5.69 Å². The minimum atomic E-state index is -0.0971. The fraction of sp³-hybridized carbons (Fsp3) is 0.429. The lowest BCUT2D eigenvalue weighted by atomic mass is 10.0. The lowest BCUT2D eigenvalue weighted by molar-refractivity contribution is -0.123. The van der Waals surface area contributed by atoms with Gasteiger partial charge in [-0.05, 0) is 24.1 Å². The predicted molar refractivity (Wildman–Crippen MR) is 79.6 cm³/mol. The third-order valence-corrected chi connectivity index (χ3v) is 4.59. The molecule has 0 bridgehead atoms. The van der Waals surface area contributed by atoms with E-state index in [1.54, 1.807) is 11.8 Å². The minimum absolute atomic E-state index is 0.0287. The van der Waals surface area contributed by atoms with Gasteiger partial charge in [0.15, 0.2) is 0 Å². The molecular weight excluding hydrogens is 274 g/mol. The molecule has 1 fully saturated rings. The first kappa shape index (κ1) is 13.5. The largest absolute Gasteiger partial charge is 0.348 e. The lowest BCUT2D eigenvalue weighted by Crippen LogP contribution is -2.42. The molecule has 1 aromatic carbocycles. The van der Waals surface area contributed by atoms with Gasteiger partial charge < -0.3 is 10.6 Å². The summed E-state index contributed by atoms with van der Waals surface area (Å²) in [6.45, 7) is 1.96. The van der Waals surface area contributed by atoms with E-state index in [0.717, 1.165) is 28.4 Å². The second-order valence-corrected chi connectivity index (χ2v) is 6.17. The number of benzene rings is 1. The van der Waals surface area contributed by atoms with E-state index in [4.69, 9.17) is 0 Å². The summed E-state index contributed by atoms with van der Waals surface area (Å²) < 4.78 is 0. The Morgan fingerprint density at radius 2 is 2.35 bits per heavy atom. The Morgan fingerprint density at radius 1 is 1.50 bits per heavy atom. The van der Waals surface area contributed by atoms with Crippen molar-refractivity contribution in [3.8, 4) is 0 Å². The molecule has 2 heterocycles. The van der Waals surface area contributed by atoms with E-state index in [9.17, 15) is 9.59 Å². The molecular formula is C14H17N3O2S. The van der Waals surface area contributed by atoms with Crippen LogP contribution in [-0.4, -0.2) is 29.5 Å². The molecule has 2 aliphatic rings. The second kappa shape index (κ2) is 5.46. The van der Waals surface area contributed by atoms with Gasteiger partial charge in [-0.2, -0.15) is 0 Å². The maximum atomic E-state index is 12.1. The van der Waals surface area contributed by atoms with Gasteiger partial charge in [0, 0.05) is 17.3 Å². The third-order valence-electron chi connectivity index (χ3n) is 3.65. The minimum Gasteiger partial charge on any atom is -0.348 e. The second-order valence-electron chi connectivity index (χ2n) is 5.14. The summed E-state index contributed by atoms with van der Waals surface area (Å²) in [6.07, 6.45) is 0.421. The highest BCUT2D eigenvalue weighted by Gasteiger charge is 2.24. The summed E-state index contributed by atoms with van der Waals surface area (Å²) >= 11 is 1.73. The van der Waals surface area contributed by atoms with Crippen LogP contribution in [0.25, 0.3) is 0 Å². The summed E-state index contributed by atoms with van der Waals surface area (Å²) in [6, 6.07) is 5.69. The normalized spacial score (nSPS) is 22.2. The highest BCUT2D eigenvalue weighted by atomic mass is 32.2. The van der Waals surface area contributed by atoms with E-state index >= 15 is 0 Å². The van der Waals surface area contributed by atoms with Crippen LogP contribution in [-0.2, 0) is 16.0 Å². The summed E-state index contributed by atoms with van der Waals surface area (Å²) in [4.78, 5) is 23.4. The Hall–Kier alpha value is -1.53. The molecule has 2 atom stereocenters. The molecule has 0 saturated carbocycles. The molecule has 0 radical (unpaired) electrons. The van der Waals surface area contributed by atoms with Crippen molar-refractivity contribution in [3.63, 3.8) is 0 Å². The van der Waals surface area contributed by atoms with Gasteiger partial charge in [-0.25, -0.2) is 0 Å². The molecule has 6 heteroatoms. The molecule has 1 aromatic rings. The number of nitrogens with one attached hydrogen (secondary N) is 3. The van der Waals surface area contributed by atoms with Crippen LogP contribution < -0.4 is 16.0 Å². The quantitative estimate of drug-likeness (QED) is 0.778. The fourth-order valence-corrected chi connectivity index (χ4v) is 3.42. The topological polar surface area (TPSA) is 70.2 Å². The van der Waals surface area contributed by atoms with Crippen LogP contribution >= 0.6 is 11.8 Å². The number of fused-ring (bicyclic) bond motifs is 1. The summed E-state index contributed by atoms with van der Waals surface area (Å²) in [5.74, 6) is 1.72. The predicted octanol–water partition coefficient (Wildman–Crippen LogP) is 1.02. The Balaban J connectivity index is 1.68. The first-order chi connectivity index (χ1) is 9.63. The molecule has 0 aromatic heterocycles. The molecule has 0 aliphatic carbocycles. The molecule has 2 aliphatic heterocycles. The van der Waals surface area contributed by atoms with Crippen molar-refractivity contribution in [2.24, 2.45) is 0 Å². The Kier molecular flexibility index (Phi) is 3.67. The fourth-order valence-electron chi connectivity index (χ4n) is 2.48. The first-order valence-electron chi connectivity index (χ1n) is 6.67. The van der Waals surface area contributed by atoms with Crippen LogP contribution in [0.5, 0.6) is 0 Å². The molecule has 3 rings (SSSR count). The average molecular weight is 291 g/mol. The van der Waals surface area contributed by atoms with E-state index in [1.165, 1.54) is 0 Å². The molecule has 2 amide bonds. The molecule has 106 valence electrons. The van der Waals surface area contributed by atoms with Gasteiger partial charge in [0.2, 0.25) is 11.8 Å². The van der Waals surface area contributed by atoms with E-state index in [2.05, 4.69) is 16.0 Å². The average Bonchev–Trinajstić information content (AvgIpc) is 3.05. The number of rotatable bonds is 3. The summed E-state index contributed by atoms with van der Waals surface area (Å²) in [5, 5.41) is 8.99. The Bertz CT molecular complexity index is 555. The van der Waals surface area contributed by atoms with Crippen LogP contribution in [0.1, 0.15) is 24.1 Å². The maximum Gasteiger partial charge on any atom is 0.238 e. The van der Waals surface area contributed by atoms with Gasteiger partial charge >= 0.3 is 0 Å². The SMILES string of the molecule is CC(NC(=O)C1CSCN1)c1ccc2c(c1)CC(=O)N2. The Morgan fingerprint density at radius 3 is 3.10 bits per heavy atom. The van der Waals surface area contributed by atoms with Gasteiger partial charge in [-0.15, -0.1) is 11.8 Å². The lowest BCUT2D eigenvalue weighted by Gasteiger charge is -2.18. The standard InChI is InChI=1S/C14H17N3O2S/c1-8(16-14(19)12-6-20-7-15-12)9-2-3-11-10(4-9)5-13(18)17-11/h2-4,8,12,15H,5-7H2,1H3,(H,16,19)(H,17,18). The van der Waals surface area contributed by atoms with Gasteiger partial charge in [0.1, 0.15) is 0 Å². The van der Waals surface area contributed by atoms with Crippen molar-refractivity contribution in [2.75, 3.05) is 16.9 Å². The van der Waals surface area contributed by atoms with Crippen molar-refractivity contribution in [3.05, 3.63) is 29.3 Å². The maximum absolute atomic E-state index is 12.1. The number of anilines is 1. The van der Waals surface area contributed by atoms with Crippen LogP contribution in [0, 0.1) is 0 Å². The van der Waals surface area contributed by atoms with Gasteiger partial charge in [-0.1, -0.05) is 12.1 Å². The molecule has 0 spiro atoms. The zero-order chi connectivity index (χ0) is 14.1. The van der Waals surface area contributed by atoms with Crippen LogP contribution in [0.3, 0.4) is 0 Å². The number of thioether (sulfide) groups is 1. The Labute approximate surface area is 121 Å². The van der Waals surface area contributed by atoms with E-state index in [0.29, 0.717) is 6.42 Å². The third kappa shape index (κ3) is 2.66. The van der Waals surface area contributed by atoms with Crippen LogP contribution in [0.2, 0.25) is 0 Å². The van der Waals surface area contributed by atoms with Gasteiger partial charge in [0.05, 0.1) is 18.5 Å². The van der Waals surface area contributed by atoms with Crippen molar-refractivity contribution < 1.29 is 9.59 Å². The molecule has 5 nitrogen and oxygen atoms in total. The molecule has 3 N–H and O–H groups in total. The zero-order valence-corrected chi connectivity index (χ0v) is 12.0. The summed E-state index contributed by atoms with van der Waals surface area (Å²) in [5.41, 5.74) is 2.91. The van der Waals surface area contributed by atoms with E-state index in [1.807, 2.05) is 25.1 Å². The van der Waals surface area contributed by atoms with E-state index in [-0.39, 0.29) is 23.9 Å². The molecule has 1 saturated heterocycles. The zero-order valence-electron chi connectivity index (χ0n) is 11.2. The number of hydrogen-bond acceptors (Lipinski definition) is 4. The van der Waals surface area contributed by atoms with Crippen molar-refractivity contribution in [1.82, 2.24) is 10.6 Å². The van der Waals surface area contributed by atoms with Gasteiger partial charge in [-0.3, -0.25) is 14.9 Å². The van der Waals surface area contributed by atoms with Crippen molar-refractivity contribution in [1.29, 1.82) is 0 Å². The van der Waals surface area contributed by atoms with E-state index < -0.39 is 0 Å². The molecule has 20 heavy (non-hydrogen) atoms. The van der Waals surface area contributed by atoms with Crippen LogP contribution in [0.15, 0.2) is 18.2 Å². The monoisotopic (exact) mass is 291 g/mol. The number of carbonyl (C=O) groups is 2. The van der Waals surface area contributed by atoms with Gasteiger partial charge in [0.25, 0.3) is 0 Å². The number of carbonyl (C=O) groups excluding carboxylic acids is 2. The molecule has 2 unspecified atom stereocenters. The first-order valence-corrected chi connectivity index (χ1v) is 7.83. The highest BCUT2D eigenvalue weighted by molar-refractivity contribution is 7.99. The van der Waals surface area contributed by atoms with Crippen molar-refractivity contribution >= 4 is 29.3 Å². The number of amides is 2. The van der Waals surface area contributed by atoms with Crippen molar-refractivity contribution in [2.45, 2.75) is 25.4 Å². The summed E-state index contributed by atoms with van der Waals surface area (Å²) in [7, 11) is 0. The highest BCUT2D eigenvalue weighted by Crippen LogP contribution is 2.26.